The average molecular weight is 705 g/mol. The molecule has 8 nitrogen and oxygen atoms in total. The van der Waals surface area contributed by atoms with E-state index in [1.165, 1.54) is 0 Å². The molecule has 1 aromatic rings. The molecule has 0 aromatic heterocycles. The number of anilines is 1. The van der Waals surface area contributed by atoms with Crippen molar-refractivity contribution < 1.29 is 24.2 Å². The van der Waals surface area contributed by atoms with Crippen molar-refractivity contribution in [1.29, 1.82) is 0 Å². The Morgan fingerprint density at radius 1 is 1.16 bits per heavy atom. The molecule has 1 N–H and O–H groups in total. The Kier molecular flexibility index (Phi) is 11.9. The maximum absolute atomic E-state index is 14.8. The van der Waals surface area contributed by atoms with Gasteiger partial charge in [0, 0.05) is 34.9 Å². The van der Waals surface area contributed by atoms with Gasteiger partial charge in [0.15, 0.2) is 0 Å². The van der Waals surface area contributed by atoms with Crippen molar-refractivity contribution >= 4 is 51.1 Å². The minimum absolute atomic E-state index is 0.0392. The van der Waals surface area contributed by atoms with E-state index in [1.807, 2.05) is 56.9 Å². The zero-order valence-electron chi connectivity index (χ0n) is 27.4. The van der Waals surface area contributed by atoms with Gasteiger partial charge >= 0.3 is 0 Å². The summed E-state index contributed by atoms with van der Waals surface area (Å²) in [6, 6.07) is 6.01. The number of likely N-dealkylation sites (tertiary alicyclic amines) is 1. The van der Waals surface area contributed by atoms with Gasteiger partial charge in [-0.25, -0.2) is 0 Å². The highest BCUT2D eigenvalue weighted by atomic mass is 79.9. The minimum atomic E-state index is -0.807. The third kappa shape index (κ3) is 6.35. The predicted octanol–water partition coefficient (Wildman–Crippen LogP) is 5.68. The summed E-state index contributed by atoms with van der Waals surface area (Å²) in [6.07, 6.45) is 6.49. The number of hydrogen-bond acceptors (Lipinski definition) is 6. The molecule has 45 heavy (non-hydrogen) atoms. The lowest BCUT2D eigenvalue weighted by Gasteiger charge is -2.42. The molecule has 3 saturated heterocycles. The van der Waals surface area contributed by atoms with Crippen LogP contribution in [0.25, 0.3) is 0 Å². The lowest BCUT2D eigenvalue weighted by Crippen LogP contribution is -2.60. The van der Waals surface area contributed by atoms with Crippen LogP contribution in [-0.2, 0) is 14.4 Å². The van der Waals surface area contributed by atoms with Crippen LogP contribution in [0.4, 0.5) is 5.69 Å². The van der Waals surface area contributed by atoms with E-state index in [-0.39, 0.29) is 52.9 Å². The Balaban J connectivity index is 1.83. The standard InChI is InChI=1S/C35H50BrN3O5S/c1-8-13-23(7)37(18-9-2)34(43)31-35-20-26(36)30(45-35)28(29(35)33(42)39(31)27(21-40)22(6)11-4)32(41)38(19-10-3)24-14-16-25(17-15-24)44-12-5/h9-10,14-17,22-23,26-31,40H,2-3,8,11-13,18-21H2,1,4-7H3/t22-,23?,26?,27-,28+,29-,30+,31?,35?/m0/s1. The molecule has 248 valence electrons. The van der Waals surface area contributed by atoms with Crippen LogP contribution in [0, 0.1) is 17.8 Å². The van der Waals surface area contributed by atoms with Crippen molar-refractivity contribution in [2.45, 2.75) is 93.3 Å². The molecule has 3 fully saturated rings. The largest absolute Gasteiger partial charge is 0.494 e. The summed E-state index contributed by atoms with van der Waals surface area (Å²) in [5.41, 5.74) is 0.699. The summed E-state index contributed by atoms with van der Waals surface area (Å²) in [6.45, 7) is 18.9. The van der Waals surface area contributed by atoms with Crippen molar-refractivity contribution in [3.05, 3.63) is 49.6 Å². The van der Waals surface area contributed by atoms with E-state index in [0.717, 1.165) is 19.3 Å². The summed E-state index contributed by atoms with van der Waals surface area (Å²) in [5, 5.41) is 10.5. The van der Waals surface area contributed by atoms with Gasteiger partial charge in [0.1, 0.15) is 11.8 Å². The summed E-state index contributed by atoms with van der Waals surface area (Å²) in [4.78, 5) is 49.5. The monoisotopic (exact) mass is 703 g/mol. The number of rotatable bonds is 16. The molecular weight excluding hydrogens is 654 g/mol. The van der Waals surface area contributed by atoms with Gasteiger partial charge in [-0.1, -0.05) is 61.7 Å². The molecule has 10 heteroatoms. The Labute approximate surface area is 281 Å². The third-order valence-electron chi connectivity index (χ3n) is 9.98. The predicted molar refractivity (Wildman–Crippen MR) is 186 cm³/mol. The van der Waals surface area contributed by atoms with E-state index >= 15 is 0 Å². The Hall–Kier alpha value is -2.30. The minimum Gasteiger partial charge on any atom is -0.494 e. The molecule has 1 spiro atoms. The molecule has 0 radical (unpaired) electrons. The second-order valence-electron chi connectivity index (χ2n) is 12.6. The van der Waals surface area contributed by atoms with E-state index in [4.69, 9.17) is 4.74 Å². The van der Waals surface area contributed by atoms with E-state index in [0.29, 0.717) is 31.0 Å². The first-order chi connectivity index (χ1) is 21.6. The lowest BCUT2D eigenvalue weighted by molar-refractivity contribution is -0.147. The smallest absolute Gasteiger partial charge is 0.247 e. The topological polar surface area (TPSA) is 90.4 Å². The van der Waals surface area contributed by atoms with Crippen LogP contribution in [0.15, 0.2) is 49.6 Å². The van der Waals surface area contributed by atoms with E-state index in [2.05, 4.69) is 36.0 Å². The number of fused-ring (bicyclic) bond motifs is 1. The zero-order valence-corrected chi connectivity index (χ0v) is 29.8. The Morgan fingerprint density at radius 3 is 2.38 bits per heavy atom. The van der Waals surface area contributed by atoms with E-state index in [9.17, 15) is 19.5 Å². The quantitative estimate of drug-likeness (QED) is 0.176. The Morgan fingerprint density at radius 2 is 1.82 bits per heavy atom. The molecule has 1 aromatic carbocycles. The van der Waals surface area contributed by atoms with Crippen molar-refractivity contribution in [3.63, 3.8) is 0 Å². The van der Waals surface area contributed by atoms with Gasteiger partial charge in [0.25, 0.3) is 0 Å². The molecule has 3 amide bonds. The number of ether oxygens (including phenoxy) is 1. The van der Waals surface area contributed by atoms with Crippen LogP contribution in [0.1, 0.15) is 60.3 Å². The van der Waals surface area contributed by atoms with Crippen molar-refractivity contribution in [3.8, 4) is 5.75 Å². The highest BCUT2D eigenvalue weighted by molar-refractivity contribution is 9.09. The Bertz CT molecular complexity index is 1250. The fourth-order valence-corrected chi connectivity index (χ4v) is 11.3. The molecule has 3 aliphatic heterocycles. The highest BCUT2D eigenvalue weighted by Gasteiger charge is 2.76. The van der Waals surface area contributed by atoms with Crippen LogP contribution in [-0.4, -0.2) is 91.9 Å². The van der Waals surface area contributed by atoms with Crippen LogP contribution in [0.5, 0.6) is 5.75 Å². The molecule has 3 aliphatic rings. The summed E-state index contributed by atoms with van der Waals surface area (Å²) in [7, 11) is 0. The van der Waals surface area contributed by atoms with E-state index < -0.39 is 28.7 Å². The van der Waals surface area contributed by atoms with Gasteiger partial charge in [-0.15, -0.1) is 24.9 Å². The van der Waals surface area contributed by atoms with Crippen molar-refractivity contribution in [2.24, 2.45) is 17.8 Å². The van der Waals surface area contributed by atoms with Crippen LogP contribution < -0.4 is 9.64 Å². The fraction of sp³-hybridized carbons (Fsp3) is 0.629. The number of aliphatic hydroxyl groups excluding tert-OH is 1. The van der Waals surface area contributed by atoms with Gasteiger partial charge in [0.05, 0.1) is 35.8 Å². The average Bonchev–Trinajstić information content (AvgIpc) is 3.62. The van der Waals surface area contributed by atoms with Crippen LogP contribution in [0.3, 0.4) is 0 Å². The molecule has 0 saturated carbocycles. The highest BCUT2D eigenvalue weighted by Crippen LogP contribution is 2.68. The van der Waals surface area contributed by atoms with Gasteiger partial charge in [-0.3, -0.25) is 14.4 Å². The second kappa shape index (κ2) is 15.1. The summed E-state index contributed by atoms with van der Waals surface area (Å²) >= 11 is 5.52. The maximum Gasteiger partial charge on any atom is 0.247 e. The maximum atomic E-state index is 14.8. The second-order valence-corrected chi connectivity index (χ2v) is 15.3. The number of alkyl halides is 1. The lowest BCUT2D eigenvalue weighted by atomic mass is 9.70. The number of benzene rings is 1. The number of amides is 3. The normalized spacial score (nSPS) is 28.7. The number of nitrogens with zero attached hydrogens (tertiary/aromatic N) is 3. The molecule has 9 atom stereocenters. The van der Waals surface area contributed by atoms with Gasteiger partial charge in [0.2, 0.25) is 17.7 Å². The zero-order chi connectivity index (χ0) is 33.1. The number of thioether (sulfide) groups is 1. The van der Waals surface area contributed by atoms with Crippen LogP contribution >= 0.6 is 27.7 Å². The summed E-state index contributed by atoms with van der Waals surface area (Å²) < 4.78 is 4.81. The number of halogens is 1. The number of carbonyl (C=O) groups excluding carboxylic acids is 3. The summed E-state index contributed by atoms with van der Waals surface area (Å²) in [5.74, 6) is -1.14. The van der Waals surface area contributed by atoms with E-state index in [1.54, 1.807) is 33.7 Å². The number of aliphatic hydroxyl groups is 1. The number of hydrogen-bond donors (Lipinski definition) is 1. The van der Waals surface area contributed by atoms with Gasteiger partial charge in [-0.05, 0) is 56.9 Å². The molecule has 2 bridgehead atoms. The first-order valence-electron chi connectivity index (χ1n) is 16.4. The SMILES string of the molecule is C=CCN(C(=O)[C@H]1[C@@H]2SC3(CC2Br)C(C(=O)N(CC=C)C(C)CCC)N([C@@H](CO)[C@@H](C)CC)C(=O)[C@H]13)c1ccc(OCC)cc1. The number of carbonyl (C=O) groups is 3. The van der Waals surface area contributed by atoms with Gasteiger partial charge < -0.3 is 24.5 Å². The van der Waals surface area contributed by atoms with Gasteiger partial charge in [-0.2, -0.15) is 0 Å². The first kappa shape index (κ1) is 35.6. The molecular formula is C35H50BrN3O5S. The van der Waals surface area contributed by atoms with Crippen molar-refractivity contribution in [2.75, 3.05) is 31.2 Å². The molecule has 3 heterocycles. The molecule has 4 unspecified atom stereocenters. The molecule has 4 rings (SSSR count). The third-order valence-corrected chi connectivity index (χ3v) is 13.2. The van der Waals surface area contributed by atoms with Crippen molar-refractivity contribution in [1.82, 2.24) is 9.80 Å². The first-order valence-corrected chi connectivity index (χ1v) is 18.2. The molecule has 0 aliphatic carbocycles. The fourth-order valence-electron chi connectivity index (χ4n) is 7.68. The van der Waals surface area contributed by atoms with Crippen LogP contribution in [0.2, 0.25) is 0 Å².